The molecule has 0 aliphatic heterocycles. The highest BCUT2D eigenvalue weighted by Crippen LogP contribution is 2.51. The van der Waals surface area contributed by atoms with E-state index in [1.165, 1.54) is 34.7 Å². The van der Waals surface area contributed by atoms with Gasteiger partial charge in [-0.25, -0.2) is 4.57 Å². The first-order valence-electron chi connectivity index (χ1n) is 16.3. The average Bonchev–Trinajstić information content (AvgIpc) is 3.35. The van der Waals surface area contributed by atoms with Gasteiger partial charge in [-0.15, -0.1) is 0 Å². The minimum atomic E-state index is -1.35. The van der Waals surface area contributed by atoms with E-state index in [-0.39, 0.29) is 16.7 Å². The van der Waals surface area contributed by atoms with Gasteiger partial charge in [0.2, 0.25) is 5.69 Å². The molecular formula is C38H44NO+. The Morgan fingerprint density at radius 3 is 2.38 bits per heavy atom. The van der Waals surface area contributed by atoms with Crippen molar-refractivity contribution >= 4 is 32.7 Å². The monoisotopic (exact) mass is 532 g/mol. The number of nitrogens with zero attached hydrogens (tertiary/aromatic N) is 1. The summed E-state index contributed by atoms with van der Waals surface area (Å²) in [6, 6.07) is 17.6. The van der Waals surface area contributed by atoms with Gasteiger partial charge in [-0.3, -0.25) is 0 Å². The zero-order chi connectivity index (χ0) is 29.6. The van der Waals surface area contributed by atoms with Crippen LogP contribution in [-0.2, 0) is 24.3 Å². The normalized spacial score (nSPS) is 20.1. The largest absolute Gasteiger partial charge is 0.454 e. The Kier molecular flexibility index (Phi) is 5.42. The van der Waals surface area contributed by atoms with Gasteiger partial charge in [0.25, 0.3) is 0 Å². The van der Waals surface area contributed by atoms with Gasteiger partial charge in [0.1, 0.15) is 18.2 Å². The van der Waals surface area contributed by atoms with Crippen LogP contribution in [-0.4, -0.2) is 0 Å². The lowest BCUT2D eigenvalue weighted by atomic mass is 9.62. The van der Waals surface area contributed by atoms with Gasteiger partial charge in [-0.1, -0.05) is 90.1 Å². The van der Waals surface area contributed by atoms with E-state index >= 15 is 0 Å². The van der Waals surface area contributed by atoms with Crippen LogP contribution in [0.2, 0.25) is 0 Å². The molecule has 0 radical (unpaired) electrons. The van der Waals surface area contributed by atoms with Crippen LogP contribution in [0.1, 0.15) is 97.6 Å². The lowest BCUT2D eigenvalue weighted by molar-refractivity contribution is -0.660. The fourth-order valence-electron chi connectivity index (χ4n) is 7.67. The fraction of sp³-hybridized carbons (Fsp3) is 0.447. The number of fused-ring (bicyclic) bond motifs is 7. The molecule has 0 bridgehead atoms. The van der Waals surface area contributed by atoms with Gasteiger partial charge in [0.05, 0.1) is 5.56 Å². The van der Waals surface area contributed by atoms with E-state index < -0.39 is 6.37 Å². The van der Waals surface area contributed by atoms with Crippen LogP contribution in [0.5, 0.6) is 0 Å². The van der Waals surface area contributed by atoms with Gasteiger partial charge in [-0.05, 0) is 76.6 Å². The smallest absolute Gasteiger partial charge is 0.216 e. The Morgan fingerprint density at radius 2 is 1.57 bits per heavy atom. The molecule has 0 N–H and O–H groups in total. The Balaban J connectivity index is 1.50. The molecule has 0 saturated heterocycles. The number of hydrogen-bond donors (Lipinski definition) is 0. The van der Waals surface area contributed by atoms with Gasteiger partial charge >= 0.3 is 0 Å². The van der Waals surface area contributed by atoms with Crippen molar-refractivity contribution < 1.29 is 11.7 Å². The van der Waals surface area contributed by atoms with Crippen molar-refractivity contribution in [2.75, 3.05) is 0 Å². The Labute approximate surface area is 242 Å². The number of hydrogen-bond acceptors (Lipinski definition) is 1. The van der Waals surface area contributed by atoms with E-state index in [0.717, 1.165) is 76.4 Å². The van der Waals surface area contributed by atoms with Gasteiger partial charge < -0.3 is 4.42 Å². The number of aryl methyl sites for hydroxylation is 2. The van der Waals surface area contributed by atoms with Crippen LogP contribution >= 0.6 is 0 Å². The lowest BCUT2D eigenvalue weighted by Gasteiger charge is -2.42. The SMILES string of the molecule is [2H]C([2H])(c1cc[n+](C)c(-c2c(C)ccc3c2oc2c3ccc3ccc4c(c32)C(C)(C)CCC4(C)C)c1)C1CCCCC1. The van der Waals surface area contributed by atoms with Crippen LogP contribution in [0.25, 0.3) is 44.0 Å². The molecule has 2 heterocycles. The second-order valence-electron chi connectivity index (χ2n) is 13.9. The van der Waals surface area contributed by atoms with E-state index in [1.54, 1.807) is 0 Å². The maximum absolute atomic E-state index is 9.18. The predicted octanol–water partition coefficient (Wildman–Crippen LogP) is 10.0. The number of rotatable bonds is 3. The van der Waals surface area contributed by atoms with Crippen LogP contribution in [0, 0.1) is 12.8 Å². The van der Waals surface area contributed by atoms with E-state index in [1.807, 2.05) is 12.3 Å². The number of furan rings is 1. The van der Waals surface area contributed by atoms with Crippen LogP contribution in [0.4, 0.5) is 0 Å². The average molecular weight is 533 g/mol. The first-order chi connectivity index (χ1) is 19.9. The van der Waals surface area contributed by atoms with Crippen LogP contribution < -0.4 is 4.57 Å². The molecule has 0 spiro atoms. The Hall–Kier alpha value is -3.13. The molecular weight excluding hydrogens is 486 g/mol. The van der Waals surface area contributed by atoms with Crippen molar-refractivity contribution in [3.8, 4) is 11.3 Å². The molecule has 5 aromatic rings. The van der Waals surface area contributed by atoms with Crippen LogP contribution in [0.15, 0.2) is 59.1 Å². The van der Waals surface area contributed by atoms with Gasteiger partial charge in [0, 0.05) is 31.0 Å². The van der Waals surface area contributed by atoms with E-state index in [9.17, 15) is 2.74 Å². The minimum Gasteiger partial charge on any atom is -0.454 e. The first kappa shape index (κ1) is 23.6. The molecule has 0 amide bonds. The molecule has 0 unspecified atom stereocenters. The molecule has 7 rings (SSSR count). The molecule has 2 aliphatic carbocycles. The quantitative estimate of drug-likeness (QED) is 0.211. The molecule has 206 valence electrons. The summed E-state index contributed by atoms with van der Waals surface area (Å²) in [4.78, 5) is 0. The molecule has 1 fully saturated rings. The fourth-order valence-corrected chi connectivity index (χ4v) is 7.67. The molecule has 40 heavy (non-hydrogen) atoms. The maximum atomic E-state index is 9.18. The zero-order valence-corrected chi connectivity index (χ0v) is 25.1. The summed E-state index contributed by atoms with van der Waals surface area (Å²) in [6.45, 7) is 11.7. The summed E-state index contributed by atoms with van der Waals surface area (Å²) in [6.07, 6.45) is 8.41. The predicted molar refractivity (Wildman–Crippen MR) is 168 cm³/mol. The molecule has 2 heteroatoms. The van der Waals surface area contributed by atoms with Crippen molar-refractivity contribution in [1.82, 2.24) is 0 Å². The van der Waals surface area contributed by atoms with E-state index in [0.29, 0.717) is 0 Å². The third kappa shape index (κ3) is 4.01. The lowest BCUT2D eigenvalue weighted by Crippen LogP contribution is -2.34. The van der Waals surface area contributed by atoms with Gasteiger partial charge in [0.15, 0.2) is 6.20 Å². The zero-order valence-electron chi connectivity index (χ0n) is 27.1. The maximum Gasteiger partial charge on any atom is 0.216 e. The molecule has 2 aromatic heterocycles. The molecule has 0 atom stereocenters. The van der Waals surface area contributed by atoms with Crippen molar-refractivity contribution in [3.05, 3.63) is 77.0 Å². The van der Waals surface area contributed by atoms with Crippen LogP contribution in [0.3, 0.4) is 0 Å². The Bertz CT molecular complexity index is 1870. The summed E-state index contributed by atoms with van der Waals surface area (Å²) in [5.41, 5.74) is 8.92. The van der Waals surface area contributed by atoms with Crippen molar-refractivity contribution in [2.24, 2.45) is 13.0 Å². The molecule has 2 aliphatic rings. The summed E-state index contributed by atoms with van der Waals surface area (Å²) in [5, 5.41) is 4.77. The number of aromatic nitrogens is 1. The van der Waals surface area contributed by atoms with Crippen molar-refractivity contribution in [2.45, 2.75) is 96.8 Å². The van der Waals surface area contributed by atoms with E-state index in [4.69, 9.17) is 4.42 Å². The summed E-state index contributed by atoms with van der Waals surface area (Å²) in [7, 11) is 2.06. The third-order valence-electron chi connectivity index (χ3n) is 10.2. The third-order valence-corrected chi connectivity index (χ3v) is 10.2. The number of benzene rings is 3. The molecule has 3 aromatic carbocycles. The van der Waals surface area contributed by atoms with Crippen molar-refractivity contribution in [1.29, 1.82) is 0 Å². The molecule has 2 nitrogen and oxygen atoms in total. The van der Waals surface area contributed by atoms with Crippen molar-refractivity contribution in [3.63, 3.8) is 0 Å². The highest BCUT2D eigenvalue weighted by Gasteiger charge is 2.39. The van der Waals surface area contributed by atoms with E-state index in [2.05, 4.69) is 88.7 Å². The summed E-state index contributed by atoms with van der Waals surface area (Å²) >= 11 is 0. The topological polar surface area (TPSA) is 17.0 Å². The molecule has 1 saturated carbocycles. The standard InChI is InChI=1S/C38H44NO/c1-24-12-15-28-29-16-13-27-14-17-30-34(38(4,5)20-19-37(30,2)3)33(27)36(29)40-35(28)32(24)31-23-26(18-21-39(31)6)22-25-10-8-7-9-11-25/h12-18,21,23,25H,7-11,19-20,22H2,1-6H3/q+1/i22D2. The first-order valence-corrected chi connectivity index (χ1v) is 15.3. The minimum absolute atomic E-state index is 0.0574. The number of pyridine rings is 1. The summed E-state index contributed by atoms with van der Waals surface area (Å²) < 4.78 is 27.5. The highest BCUT2D eigenvalue weighted by atomic mass is 16.3. The Morgan fingerprint density at radius 1 is 0.875 bits per heavy atom. The second kappa shape index (κ2) is 9.20. The van der Waals surface area contributed by atoms with Gasteiger partial charge in [-0.2, -0.15) is 0 Å². The second-order valence-corrected chi connectivity index (χ2v) is 13.9. The highest BCUT2D eigenvalue weighted by molar-refractivity contribution is 6.18. The summed E-state index contributed by atoms with van der Waals surface area (Å²) in [5.74, 6) is 0.0695.